The zero-order chi connectivity index (χ0) is 13.1. The minimum absolute atomic E-state index is 0.0174. The molecule has 0 atom stereocenters. The highest BCUT2D eigenvalue weighted by atomic mass is 19.1. The van der Waals surface area contributed by atoms with Crippen molar-refractivity contribution in [3.63, 3.8) is 0 Å². The molecule has 0 spiro atoms. The third kappa shape index (κ3) is 2.68. The van der Waals surface area contributed by atoms with E-state index in [9.17, 15) is 13.6 Å². The van der Waals surface area contributed by atoms with Crippen LogP contribution < -0.4 is 5.32 Å². The Bertz CT molecular complexity index is 583. The van der Waals surface area contributed by atoms with Gasteiger partial charge >= 0.3 is 0 Å². The van der Waals surface area contributed by atoms with Crippen LogP contribution in [0.5, 0.6) is 0 Å². The molecule has 0 aliphatic carbocycles. The molecule has 1 aromatic carbocycles. The number of hydrogen-bond donors (Lipinski definition) is 1. The highest BCUT2D eigenvalue weighted by molar-refractivity contribution is 5.94. The zero-order valence-electron chi connectivity index (χ0n) is 9.41. The molecule has 0 fully saturated rings. The normalized spacial score (nSPS) is 10.4. The summed E-state index contributed by atoms with van der Waals surface area (Å²) in [6, 6.07) is 2.72. The minimum atomic E-state index is -0.922. The number of nitrogens with zero attached hydrogens (tertiary/aromatic N) is 2. The molecule has 94 valence electrons. The van der Waals surface area contributed by atoms with Crippen molar-refractivity contribution in [1.29, 1.82) is 0 Å². The van der Waals surface area contributed by atoms with E-state index in [2.05, 4.69) is 15.5 Å². The number of amides is 1. The Morgan fingerprint density at radius 1 is 1.44 bits per heavy atom. The van der Waals surface area contributed by atoms with E-state index < -0.39 is 17.5 Å². The summed E-state index contributed by atoms with van der Waals surface area (Å²) in [6.07, 6.45) is 0. The van der Waals surface area contributed by atoms with Gasteiger partial charge in [0.25, 0.3) is 5.91 Å². The molecule has 5 nitrogen and oxygen atoms in total. The van der Waals surface area contributed by atoms with Gasteiger partial charge in [-0.3, -0.25) is 4.79 Å². The Morgan fingerprint density at radius 2 is 2.22 bits per heavy atom. The summed E-state index contributed by atoms with van der Waals surface area (Å²) < 4.78 is 30.7. The smallest absolute Gasteiger partial charge is 0.254 e. The SMILES string of the molecule is Cc1noc(CNC(=O)c2ccc(F)cc2F)n1. The average Bonchev–Trinajstić information content (AvgIpc) is 2.72. The van der Waals surface area contributed by atoms with Gasteiger partial charge in [-0.25, -0.2) is 8.78 Å². The molecule has 0 aliphatic rings. The third-order valence-electron chi connectivity index (χ3n) is 2.15. The lowest BCUT2D eigenvalue weighted by Gasteiger charge is -2.03. The van der Waals surface area contributed by atoms with Crippen molar-refractivity contribution in [3.05, 3.63) is 47.1 Å². The molecule has 0 saturated heterocycles. The lowest BCUT2D eigenvalue weighted by Crippen LogP contribution is -2.24. The van der Waals surface area contributed by atoms with Crippen LogP contribution in [0.1, 0.15) is 22.1 Å². The second-order valence-corrected chi connectivity index (χ2v) is 3.54. The van der Waals surface area contributed by atoms with Gasteiger partial charge in [-0.2, -0.15) is 4.98 Å². The fourth-order valence-corrected chi connectivity index (χ4v) is 1.34. The van der Waals surface area contributed by atoms with Gasteiger partial charge in [-0.15, -0.1) is 0 Å². The lowest BCUT2D eigenvalue weighted by molar-refractivity contribution is 0.0942. The zero-order valence-corrected chi connectivity index (χ0v) is 9.41. The number of nitrogens with one attached hydrogen (secondary N) is 1. The Morgan fingerprint density at radius 3 is 2.83 bits per heavy atom. The fourth-order valence-electron chi connectivity index (χ4n) is 1.34. The van der Waals surface area contributed by atoms with E-state index >= 15 is 0 Å². The standard InChI is InChI=1S/C11H9F2N3O2/c1-6-15-10(18-16-6)5-14-11(17)8-3-2-7(12)4-9(8)13/h2-4H,5H2,1H3,(H,14,17). The van der Waals surface area contributed by atoms with Crippen LogP contribution >= 0.6 is 0 Å². The number of benzene rings is 1. The predicted octanol–water partition coefficient (Wildman–Crippen LogP) is 1.59. The first kappa shape index (κ1) is 12.2. The van der Waals surface area contributed by atoms with E-state index in [0.29, 0.717) is 11.9 Å². The maximum Gasteiger partial charge on any atom is 0.254 e. The summed E-state index contributed by atoms with van der Waals surface area (Å²) in [7, 11) is 0. The first-order chi connectivity index (χ1) is 8.56. The Labute approximate surface area is 101 Å². The van der Waals surface area contributed by atoms with Gasteiger partial charge in [0.2, 0.25) is 5.89 Å². The van der Waals surface area contributed by atoms with E-state index in [1.807, 2.05) is 0 Å². The van der Waals surface area contributed by atoms with Crippen molar-refractivity contribution in [1.82, 2.24) is 15.5 Å². The molecule has 0 unspecified atom stereocenters. The highest BCUT2D eigenvalue weighted by Crippen LogP contribution is 2.09. The van der Waals surface area contributed by atoms with E-state index in [0.717, 1.165) is 12.1 Å². The van der Waals surface area contributed by atoms with Gasteiger partial charge in [-0.05, 0) is 19.1 Å². The first-order valence-corrected chi connectivity index (χ1v) is 5.08. The second-order valence-electron chi connectivity index (χ2n) is 3.54. The van der Waals surface area contributed by atoms with Gasteiger partial charge in [0, 0.05) is 6.07 Å². The van der Waals surface area contributed by atoms with Crippen molar-refractivity contribution >= 4 is 5.91 Å². The van der Waals surface area contributed by atoms with E-state index in [1.165, 1.54) is 0 Å². The van der Waals surface area contributed by atoms with Crippen LogP contribution in [0, 0.1) is 18.6 Å². The van der Waals surface area contributed by atoms with Crippen molar-refractivity contribution in [2.45, 2.75) is 13.5 Å². The van der Waals surface area contributed by atoms with Crippen molar-refractivity contribution < 1.29 is 18.1 Å². The van der Waals surface area contributed by atoms with Crippen LogP contribution in [-0.4, -0.2) is 16.0 Å². The first-order valence-electron chi connectivity index (χ1n) is 5.08. The number of aromatic nitrogens is 2. The number of rotatable bonds is 3. The van der Waals surface area contributed by atoms with Gasteiger partial charge in [0.05, 0.1) is 12.1 Å². The van der Waals surface area contributed by atoms with Crippen LogP contribution in [0.15, 0.2) is 22.7 Å². The molecular weight excluding hydrogens is 244 g/mol. The Balaban J connectivity index is 2.03. The van der Waals surface area contributed by atoms with Gasteiger partial charge < -0.3 is 9.84 Å². The van der Waals surface area contributed by atoms with Crippen LogP contribution in [0.4, 0.5) is 8.78 Å². The predicted molar refractivity (Wildman–Crippen MR) is 56.6 cm³/mol. The topological polar surface area (TPSA) is 68.0 Å². The Kier molecular flexibility index (Phi) is 3.31. The molecule has 0 radical (unpaired) electrons. The van der Waals surface area contributed by atoms with Gasteiger partial charge in [-0.1, -0.05) is 5.16 Å². The van der Waals surface area contributed by atoms with E-state index in [1.54, 1.807) is 6.92 Å². The molecule has 0 saturated carbocycles. The van der Waals surface area contributed by atoms with Crippen molar-refractivity contribution in [3.8, 4) is 0 Å². The Hall–Kier alpha value is -2.31. The highest BCUT2D eigenvalue weighted by Gasteiger charge is 2.13. The van der Waals surface area contributed by atoms with Crippen LogP contribution in [0.2, 0.25) is 0 Å². The largest absolute Gasteiger partial charge is 0.343 e. The molecule has 1 heterocycles. The summed E-state index contributed by atoms with van der Waals surface area (Å²) in [5.41, 5.74) is -0.243. The van der Waals surface area contributed by atoms with Crippen molar-refractivity contribution in [2.75, 3.05) is 0 Å². The maximum atomic E-state index is 13.3. The van der Waals surface area contributed by atoms with Crippen LogP contribution in [0.3, 0.4) is 0 Å². The molecule has 2 rings (SSSR count). The molecule has 18 heavy (non-hydrogen) atoms. The molecule has 0 bridgehead atoms. The lowest BCUT2D eigenvalue weighted by atomic mass is 10.2. The fraction of sp³-hybridized carbons (Fsp3) is 0.182. The number of halogens is 2. The monoisotopic (exact) mass is 253 g/mol. The van der Waals surface area contributed by atoms with E-state index in [4.69, 9.17) is 4.52 Å². The number of carbonyl (C=O) groups is 1. The molecule has 7 heteroatoms. The second kappa shape index (κ2) is 4.91. The van der Waals surface area contributed by atoms with Gasteiger partial charge in [0.1, 0.15) is 11.6 Å². The van der Waals surface area contributed by atoms with Gasteiger partial charge in [0.15, 0.2) is 5.82 Å². The quantitative estimate of drug-likeness (QED) is 0.901. The summed E-state index contributed by atoms with van der Waals surface area (Å²) in [5.74, 6) is -1.69. The summed E-state index contributed by atoms with van der Waals surface area (Å²) in [6.45, 7) is 1.62. The third-order valence-corrected chi connectivity index (χ3v) is 2.15. The number of carbonyl (C=O) groups excluding carboxylic acids is 1. The molecular formula is C11H9F2N3O2. The van der Waals surface area contributed by atoms with Crippen LogP contribution in [0.25, 0.3) is 0 Å². The summed E-state index contributed by atoms with van der Waals surface area (Å²) >= 11 is 0. The molecule has 2 aromatic rings. The molecule has 0 aliphatic heterocycles. The minimum Gasteiger partial charge on any atom is -0.343 e. The average molecular weight is 253 g/mol. The van der Waals surface area contributed by atoms with E-state index in [-0.39, 0.29) is 18.0 Å². The number of hydrogen-bond acceptors (Lipinski definition) is 4. The summed E-state index contributed by atoms with van der Waals surface area (Å²) in [4.78, 5) is 15.5. The molecule has 1 amide bonds. The summed E-state index contributed by atoms with van der Waals surface area (Å²) in [5, 5.41) is 5.93. The molecule has 1 N–H and O–H groups in total. The van der Waals surface area contributed by atoms with Crippen molar-refractivity contribution in [2.24, 2.45) is 0 Å². The van der Waals surface area contributed by atoms with Crippen LogP contribution in [-0.2, 0) is 6.54 Å². The molecule has 1 aromatic heterocycles. The number of aryl methyl sites for hydroxylation is 1. The maximum absolute atomic E-state index is 13.3.